The molecular weight excluding hydrogens is 261 g/mol. The van der Waals surface area contributed by atoms with E-state index in [9.17, 15) is 9.90 Å². The molecule has 0 spiro atoms. The van der Waals surface area contributed by atoms with Crippen LogP contribution in [0.1, 0.15) is 12.5 Å². The molecule has 0 unspecified atom stereocenters. The number of aliphatic hydroxyl groups is 1. The largest absolute Gasteiger partial charge is 0.510 e. The number of carbonyl (C=O) groups excluding carboxylic acids is 1. The van der Waals surface area contributed by atoms with E-state index >= 15 is 0 Å². The Labute approximate surface area is 109 Å². The van der Waals surface area contributed by atoms with Crippen LogP contribution in [-0.2, 0) is 11.2 Å². The van der Waals surface area contributed by atoms with Crippen LogP contribution in [0.4, 0.5) is 0 Å². The highest BCUT2D eigenvalue weighted by Gasteiger charge is 2.12. The van der Waals surface area contributed by atoms with Gasteiger partial charge in [-0.2, -0.15) is 5.26 Å². The lowest BCUT2D eigenvalue weighted by molar-refractivity contribution is -0.113. The monoisotopic (exact) mass is 269 g/mol. The van der Waals surface area contributed by atoms with Crippen LogP contribution >= 0.6 is 23.2 Å². The predicted molar refractivity (Wildman–Crippen MR) is 66.1 cm³/mol. The van der Waals surface area contributed by atoms with Gasteiger partial charge in [-0.25, -0.2) is 0 Å². The number of benzene rings is 1. The van der Waals surface area contributed by atoms with E-state index in [-0.39, 0.29) is 17.8 Å². The van der Waals surface area contributed by atoms with Gasteiger partial charge in [0.2, 0.25) is 0 Å². The SMILES string of the molecule is CC(=O)C(C#N)=C(O)Cc1ccc(Cl)cc1Cl. The van der Waals surface area contributed by atoms with E-state index in [4.69, 9.17) is 28.5 Å². The molecule has 0 aliphatic carbocycles. The Balaban J connectivity index is 3.07. The molecule has 0 saturated heterocycles. The van der Waals surface area contributed by atoms with E-state index in [1.54, 1.807) is 18.2 Å². The molecule has 1 aromatic carbocycles. The zero-order valence-corrected chi connectivity index (χ0v) is 10.5. The quantitative estimate of drug-likeness (QED) is 0.519. The van der Waals surface area contributed by atoms with E-state index in [1.165, 1.54) is 13.0 Å². The van der Waals surface area contributed by atoms with Crippen LogP contribution in [-0.4, -0.2) is 10.9 Å². The summed E-state index contributed by atoms with van der Waals surface area (Å²) in [6.45, 7) is 1.22. The second-order valence-corrected chi connectivity index (χ2v) is 4.25. The number of halogens is 2. The highest BCUT2D eigenvalue weighted by Crippen LogP contribution is 2.23. The van der Waals surface area contributed by atoms with Crippen molar-refractivity contribution in [2.24, 2.45) is 0 Å². The average Bonchev–Trinajstić information content (AvgIpc) is 2.22. The van der Waals surface area contributed by atoms with Crippen molar-refractivity contribution in [1.29, 1.82) is 5.26 Å². The number of nitriles is 1. The third kappa shape index (κ3) is 3.48. The van der Waals surface area contributed by atoms with Crippen LogP contribution in [0, 0.1) is 11.3 Å². The standard InChI is InChI=1S/C12H9Cl2NO2/c1-7(16)10(6-15)12(17)4-8-2-3-9(13)5-11(8)14/h2-3,5,17H,4H2,1H3. The molecule has 0 amide bonds. The van der Waals surface area contributed by atoms with E-state index in [1.807, 2.05) is 0 Å². The number of Topliss-reactive ketones (excluding diaryl/α,β-unsaturated/α-hetero) is 1. The maximum Gasteiger partial charge on any atom is 0.173 e. The highest BCUT2D eigenvalue weighted by molar-refractivity contribution is 6.35. The molecule has 0 aliphatic heterocycles. The first-order valence-electron chi connectivity index (χ1n) is 4.72. The van der Waals surface area contributed by atoms with Crippen molar-refractivity contribution in [3.05, 3.63) is 45.1 Å². The van der Waals surface area contributed by atoms with Gasteiger partial charge in [-0.3, -0.25) is 4.79 Å². The van der Waals surface area contributed by atoms with Gasteiger partial charge in [-0.1, -0.05) is 29.3 Å². The number of carbonyl (C=O) groups is 1. The fourth-order valence-corrected chi connectivity index (χ4v) is 1.76. The normalized spacial score (nSPS) is 11.6. The molecule has 0 atom stereocenters. The van der Waals surface area contributed by atoms with Crippen LogP contribution < -0.4 is 0 Å². The number of rotatable bonds is 3. The smallest absolute Gasteiger partial charge is 0.173 e. The molecule has 1 N–H and O–H groups in total. The van der Waals surface area contributed by atoms with Crippen LogP contribution in [0.5, 0.6) is 0 Å². The zero-order valence-electron chi connectivity index (χ0n) is 9.00. The number of allylic oxidation sites excluding steroid dienone is 2. The second-order valence-electron chi connectivity index (χ2n) is 3.40. The fourth-order valence-electron chi connectivity index (χ4n) is 1.28. The van der Waals surface area contributed by atoms with Gasteiger partial charge in [0.25, 0.3) is 0 Å². The molecule has 0 heterocycles. The fraction of sp³-hybridized carbons (Fsp3) is 0.167. The molecule has 88 valence electrons. The van der Waals surface area contributed by atoms with Crippen molar-refractivity contribution >= 4 is 29.0 Å². The summed E-state index contributed by atoms with van der Waals surface area (Å²) in [5.41, 5.74) is 0.346. The molecule has 17 heavy (non-hydrogen) atoms. The van der Waals surface area contributed by atoms with Crippen LogP contribution in [0.2, 0.25) is 10.0 Å². The summed E-state index contributed by atoms with van der Waals surface area (Å²) < 4.78 is 0. The Morgan fingerprint density at radius 2 is 2.12 bits per heavy atom. The van der Waals surface area contributed by atoms with Crippen molar-refractivity contribution < 1.29 is 9.90 Å². The first-order valence-corrected chi connectivity index (χ1v) is 5.48. The van der Waals surface area contributed by atoms with Crippen molar-refractivity contribution in [3.8, 4) is 6.07 Å². The van der Waals surface area contributed by atoms with Gasteiger partial charge in [0.15, 0.2) is 5.78 Å². The number of hydrogen-bond donors (Lipinski definition) is 1. The molecule has 5 heteroatoms. The van der Waals surface area contributed by atoms with E-state index < -0.39 is 5.78 Å². The van der Waals surface area contributed by atoms with Gasteiger partial charge in [0, 0.05) is 16.5 Å². The topological polar surface area (TPSA) is 61.1 Å². The summed E-state index contributed by atoms with van der Waals surface area (Å²) in [7, 11) is 0. The molecular formula is C12H9Cl2NO2. The van der Waals surface area contributed by atoms with E-state index in [0.717, 1.165) is 0 Å². The maximum absolute atomic E-state index is 11.1. The van der Waals surface area contributed by atoms with Crippen LogP contribution in [0.3, 0.4) is 0 Å². The van der Waals surface area contributed by atoms with Crippen molar-refractivity contribution in [3.63, 3.8) is 0 Å². The molecule has 1 rings (SSSR count). The van der Waals surface area contributed by atoms with Gasteiger partial charge in [-0.15, -0.1) is 0 Å². The van der Waals surface area contributed by atoms with Crippen LogP contribution in [0.15, 0.2) is 29.5 Å². The lowest BCUT2D eigenvalue weighted by Crippen LogP contribution is -2.02. The minimum atomic E-state index is -0.477. The van der Waals surface area contributed by atoms with Gasteiger partial charge in [0.05, 0.1) is 0 Å². The third-order valence-electron chi connectivity index (χ3n) is 2.13. The molecule has 0 fully saturated rings. The lowest BCUT2D eigenvalue weighted by atomic mass is 10.1. The van der Waals surface area contributed by atoms with Crippen molar-refractivity contribution in [1.82, 2.24) is 0 Å². The Morgan fingerprint density at radius 1 is 1.47 bits per heavy atom. The Morgan fingerprint density at radius 3 is 2.59 bits per heavy atom. The molecule has 0 bridgehead atoms. The minimum Gasteiger partial charge on any atom is -0.510 e. The molecule has 0 aliphatic rings. The number of ketones is 1. The van der Waals surface area contributed by atoms with Gasteiger partial charge in [-0.05, 0) is 24.6 Å². The van der Waals surface area contributed by atoms with Crippen LogP contribution in [0.25, 0.3) is 0 Å². The number of aliphatic hydroxyl groups excluding tert-OH is 1. The predicted octanol–water partition coefficient (Wildman–Crippen LogP) is 3.46. The lowest BCUT2D eigenvalue weighted by Gasteiger charge is -2.05. The Bertz CT molecular complexity index is 530. The molecule has 0 aromatic heterocycles. The van der Waals surface area contributed by atoms with E-state index in [0.29, 0.717) is 15.6 Å². The first-order chi connectivity index (χ1) is 7.95. The van der Waals surface area contributed by atoms with Gasteiger partial charge >= 0.3 is 0 Å². The van der Waals surface area contributed by atoms with Gasteiger partial charge < -0.3 is 5.11 Å². The summed E-state index contributed by atoms with van der Waals surface area (Å²) >= 11 is 11.6. The minimum absolute atomic E-state index is 0.0263. The molecule has 0 radical (unpaired) electrons. The van der Waals surface area contributed by atoms with E-state index in [2.05, 4.69) is 0 Å². The second kappa shape index (κ2) is 5.72. The van der Waals surface area contributed by atoms with Crippen molar-refractivity contribution in [2.45, 2.75) is 13.3 Å². The maximum atomic E-state index is 11.1. The summed E-state index contributed by atoms with van der Waals surface area (Å²) in [5.74, 6) is -0.765. The number of nitrogens with zero attached hydrogens (tertiary/aromatic N) is 1. The first kappa shape index (κ1) is 13.6. The molecule has 3 nitrogen and oxygen atoms in total. The summed E-state index contributed by atoms with van der Waals surface area (Å²) in [4.78, 5) is 11.1. The van der Waals surface area contributed by atoms with Crippen molar-refractivity contribution in [2.75, 3.05) is 0 Å². The summed E-state index contributed by atoms with van der Waals surface area (Å²) in [5, 5.41) is 19.2. The highest BCUT2D eigenvalue weighted by atomic mass is 35.5. The average molecular weight is 270 g/mol. The zero-order chi connectivity index (χ0) is 13.0. The molecule has 1 aromatic rings. The number of hydrogen-bond acceptors (Lipinski definition) is 3. The molecule has 0 saturated carbocycles. The summed E-state index contributed by atoms with van der Waals surface area (Å²) in [6, 6.07) is 6.45. The Hall–Kier alpha value is -1.50. The van der Waals surface area contributed by atoms with Gasteiger partial charge in [0.1, 0.15) is 17.4 Å². The Kier molecular flexibility index (Phi) is 4.56. The third-order valence-corrected chi connectivity index (χ3v) is 2.71. The summed E-state index contributed by atoms with van der Waals surface area (Å²) in [6.07, 6.45) is 0.0263.